The Balaban J connectivity index is 0.935. The Kier molecular flexibility index (Phi) is 13.1. The van der Waals surface area contributed by atoms with E-state index in [4.69, 9.17) is 0 Å². The van der Waals surface area contributed by atoms with Crippen molar-refractivity contribution < 1.29 is 4.39 Å². The molecule has 4 heterocycles. The lowest BCUT2D eigenvalue weighted by Crippen LogP contribution is -2.64. The maximum atomic E-state index is 17.9. The Morgan fingerprint density at radius 3 is 1.30 bits per heavy atom. The van der Waals surface area contributed by atoms with Crippen LogP contribution in [0.4, 0.5) is 89.7 Å². The molecule has 0 radical (unpaired) electrons. The van der Waals surface area contributed by atoms with Gasteiger partial charge in [-0.15, -0.1) is 0 Å². The average molecular weight is 1210 g/mol. The van der Waals surface area contributed by atoms with E-state index in [1.165, 1.54) is 21.9 Å². The van der Waals surface area contributed by atoms with Gasteiger partial charge >= 0.3 is 0 Å². The van der Waals surface area contributed by atoms with Crippen LogP contribution in [0, 0.1) is 5.82 Å². The van der Waals surface area contributed by atoms with Crippen LogP contribution in [-0.4, -0.2) is 13.4 Å². The van der Waals surface area contributed by atoms with Crippen molar-refractivity contribution in [1.29, 1.82) is 0 Å². The van der Waals surface area contributed by atoms with Crippen LogP contribution < -0.4 is 57.3 Å². The standard InChI is InChI=1S/C84H56B2FN5S/c87-71-45-23-28-50-76(71)92-77-56-81-70(86-67-43-21-26-48-74(67)90(62-39-17-6-18-40-62)80-53-64(54-82(93-81)84(80)86)88(59-33-11-3-12-34-59)60-35-13-4-14-36-60)55-69(77)85-68-44-22-27-49-75(68)91(73-47-25-20-42-66(73)58-31-9-2-10-32-58)78-51-63(52-79(92)83(78)85)89(61-37-15-5-16-38-61)72-46-24-19-41-65(72)57-29-7-1-8-30-57/h1-56H. The van der Waals surface area contributed by atoms with Crippen molar-refractivity contribution in [3.63, 3.8) is 0 Å². The quantitative estimate of drug-likeness (QED) is 0.119. The minimum absolute atomic E-state index is 0.161. The molecule has 0 bridgehead atoms. The molecule has 5 nitrogen and oxygen atoms in total. The Hall–Kier alpha value is -11.5. The zero-order chi connectivity index (χ0) is 61.5. The van der Waals surface area contributed by atoms with Crippen LogP contribution >= 0.6 is 11.8 Å². The van der Waals surface area contributed by atoms with Gasteiger partial charge in [-0.2, -0.15) is 0 Å². The Bertz CT molecular complexity index is 5160. The first kappa shape index (κ1) is 54.4. The molecule has 0 aliphatic carbocycles. The summed E-state index contributed by atoms with van der Waals surface area (Å²) in [5.74, 6) is -0.313. The highest BCUT2D eigenvalue weighted by molar-refractivity contribution is 8.00. The summed E-state index contributed by atoms with van der Waals surface area (Å²) in [5.41, 5.74) is 26.4. The van der Waals surface area contributed by atoms with Crippen molar-refractivity contribution in [3.8, 4) is 22.3 Å². The van der Waals surface area contributed by atoms with E-state index in [1.807, 2.05) is 23.9 Å². The number of benzene rings is 14. The molecule has 0 saturated heterocycles. The van der Waals surface area contributed by atoms with E-state index in [9.17, 15) is 0 Å². The molecule has 0 fully saturated rings. The number of para-hydroxylation sites is 9. The minimum atomic E-state index is -0.313. The van der Waals surface area contributed by atoms with Gasteiger partial charge in [0.25, 0.3) is 6.71 Å². The van der Waals surface area contributed by atoms with Gasteiger partial charge in [0.15, 0.2) is 0 Å². The van der Waals surface area contributed by atoms with Gasteiger partial charge in [-0.3, -0.25) is 0 Å². The molecule has 4 aliphatic heterocycles. The fourth-order valence-corrected chi connectivity index (χ4v) is 16.3. The van der Waals surface area contributed by atoms with Crippen LogP contribution in [-0.2, 0) is 0 Å². The second-order valence-corrected chi connectivity index (χ2v) is 25.1. The molecule has 436 valence electrons. The molecule has 14 aromatic carbocycles. The molecular weight excluding hydrogens is 1150 g/mol. The third-order valence-electron chi connectivity index (χ3n) is 18.9. The van der Waals surface area contributed by atoms with E-state index in [-0.39, 0.29) is 19.2 Å². The fraction of sp³-hybridized carbons (Fsp3) is 0. The molecule has 0 atom stereocenters. The molecule has 93 heavy (non-hydrogen) atoms. The average Bonchev–Trinajstić information content (AvgIpc) is 0.693. The van der Waals surface area contributed by atoms with Crippen LogP contribution in [0.2, 0.25) is 0 Å². The van der Waals surface area contributed by atoms with Gasteiger partial charge < -0.3 is 24.5 Å². The topological polar surface area (TPSA) is 16.2 Å². The van der Waals surface area contributed by atoms with Crippen LogP contribution in [0.5, 0.6) is 0 Å². The molecule has 0 unspecified atom stereocenters. The van der Waals surface area contributed by atoms with E-state index in [2.05, 4.69) is 340 Å². The largest absolute Gasteiger partial charge is 0.311 e. The van der Waals surface area contributed by atoms with E-state index in [0.717, 1.165) is 123 Å². The molecule has 0 spiro atoms. The smallest absolute Gasteiger partial charge is 0.252 e. The first-order valence-electron chi connectivity index (χ1n) is 31.7. The molecule has 0 N–H and O–H groups in total. The molecule has 9 heteroatoms. The van der Waals surface area contributed by atoms with Crippen molar-refractivity contribution in [1.82, 2.24) is 0 Å². The van der Waals surface area contributed by atoms with Crippen molar-refractivity contribution in [2.75, 3.05) is 24.5 Å². The van der Waals surface area contributed by atoms with Crippen LogP contribution in [0.25, 0.3) is 22.3 Å². The number of rotatable bonds is 11. The lowest BCUT2D eigenvalue weighted by atomic mass is 9.31. The Morgan fingerprint density at radius 2 is 0.699 bits per heavy atom. The molecule has 0 aromatic heterocycles. The molecule has 18 rings (SSSR count). The monoisotopic (exact) mass is 1210 g/mol. The maximum Gasteiger partial charge on any atom is 0.252 e. The molecule has 0 amide bonds. The summed E-state index contributed by atoms with van der Waals surface area (Å²) in [6.07, 6.45) is 0. The first-order chi connectivity index (χ1) is 46.1. The van der Waals surface area contributed by atoms with Gasteiger partial charge in [0.2, 0.25) is 6.71 Å². The molecule has 0 saturated carbocycles. The predicted molar refractivity (Wildman–Crippen MR) is 391 cm³/mol. The van der Waals surface area contributed by atoms with Crippen LogP contribution in [0.15, 0.2) is 350 Å². The summed E-state index contributed by atoms with van der Waals surface area (Å²) in [4.78, 5) is 14.3. The summed E-state index contributed by atoms with van der Waals surface area (Å²) >= 11 is 1.82. The lowest BCUT2D eigenvalue weighted by molar-refractivity contribution is 0.629. The van der Waals surface area contributed by atoms with E-state index in [0.29, 0.717) is 5.69 Å². The predicted octanol–water partition coefficient (Wildman–Crippen LogP) is 18.9. The summed E-state index contributed by atoms with van der Waals surface area (Å²) < 4.78 is 17.9. The third-order valence-corrected chi connectivity index (χ3v) is 20.0. The number of hydrogen-bond donors (Lipinski definition) is 0. The summed E-state index contributed by atoms with van der Waals surface area (Å²) in [6.45, 7) is -0.449. The van der Waals surface area contributed by atoms with Gasteiger partial charge in [-0.1, -0.05) is 242 Å². The zero-order valence-electron chi connectivity index (χ0n) is 50.5. The summed E-state index contributed by atoms with van der Waals surface area (Å²) in [7, 11) is 0. The summed E-state index contributed by atoms with van der Waals surface area (Å²) in [5, 5.41) is 0. The number of halogens is 1. The van der Waals surface area contributed by atoms with Gasteiger partial charge in [-0.05, 0) is 154 Å². The van der Waals surface area contributed by atoms with Crippen molar-refractivity contribution in [3.05, 3.63) is 346 Å². The highest BCUT2D eigenvalue weighted by Crippen LogP contribution is 2.53. The van der Waals surface area contributed by atoms with E-state index in [1.54, 1.807) is 12.1 Å². The highest BCUT2D eigenvalue weighted by Gasteiger charge is 2.48. The van der Waals surface area contributed by atoms with Crippen molar-refractivity contribution in [2.45, 2.75) is 9.79 Å². The number of anilines is 15. The molecular formula is C84H56B2FN5S. The van der Waals surface area contributed by atoms with Gasteiger partial charge in [0, 0.05) is 83.5 Å². The van der Waals surface area contributed by atoms with E-state index < -0.39 is 0 Å². The zero-order valence-corrected chi connectivity index (χ0v) is 51.3. The third kappa shape index (κ3) is 8.94. The fourth-order valence-electron chi connectivity index (χ4n) is 15.0. The van der Waals surface area contributed by atoms with Crippen LogP contribution in [0.1, 0.15) is 0 Å². The maximum absolute atomic E-state index is 17.9. The van der Waals surface area contributed by atoms with Crippen molar-refractivity contribution >= 4 is 143 Å². The van der Waals surface area contributed by atoms with Gasteiger partial charge in [0.05, 0.1) is 22.7 Å². The lowest BCUT2D eigenvalue weighted by Gasteiger charge is -2.46. The number of nitrogens with zero attached hydrogens (tertiary/aromatic N) is 5. The number of hydrogen-bond acceptors (Lipinski definition) is 6. The molecule has 14 aromatic rings. The van der Waals surface area contributed by atoms with Crippen LogP contribution in [0.3, 0.4) is 0 Å². The van der Waals surface area contributed by atoms with Gasteiger partial charge in [0.1, 0.15) is 5.82 Å². The van der Waals surface area contributed by atoms with E-state index >= 15 is 4.39 Å². The summed E-state index contributed by atoms with van der Waals surface area (Å²) in [6, 6.07) is 122. The molecule has 4 aliphatic rings. The normalized spacial score (nSPS) is 12.8. The SMILES string of the molecule is Fc1ccccc1N1c2cc3c(cc2B2c4ccccc4N(c4ccccc4-c4ccccc4)c4cc(N(c5ccccc5)c5ccccc5-c5ccccc5)cc1c42)B1c2ccccc2N(c2ccccc2)c2cc(N(c4ccccc4)c4ccccc4)cc(c21)S3. The van der Waals surface area contributed by atoms with Gasteiger partial charge in [-0.25, -0.2) is 4.39 Å². The minimum Gasteiger partial charge on any atom is -0.311 e. The van der Waals surface area contributed by atoms with Crippen molar-refractivity contribution in [2.24, 2.45) is 0 Å². The Morgan fingerprint density at radius 1 is 0.269 bits per heavy atom. The highest BCUT2D eigenvalue weighted by atomic mass is 32.2. The second kappa shape index (κ2) is 22.5. The number of fused-ring (bicyclic) bond motifs is 8. The second-order valence-electron chi connectivity index (χ2n) is 24.0. The Labute approximate surface area is 546 Å². The first-order valence-corrected chi connectivity index (χ1v) is 32.6.